The molecule has 43 heavy (non-hydrogen) atoms. The van der Waals surface area contributed by atoms with Crippen LogP contribution in [-0.2, 0) is 4.65 Å². The first-order chi connectivity index (χ1) is 21.0. The molecule has 2 atom stereocenters. The minimum absolute atomic E-state index is 0.250. The van der Waals surface area contributed by atoms with Crippen LogP contribution in [0, 0.1) is 0 Å². The van der Waals surface area contributed by atoms with E-state index in [1.54, 1.807) is 27.4 Å². The lowest BCUT2D eigenvalue weighted by molar-refractivity contribution is 0.0572. The van der Waals surface area contributed by atoms with Gasteiger partial charge in [-0.15, -0.1) is 0 Å². The molecule has 1 N–H and O–H groups in total. The van der Waals surface area contributed by atoms with Crippen molar-refractivity contribution >= 4 is 25.1 Å². The number of nitrogens with zero attached hydrogens (tertiary/aromatic N) is 3. The minimum Gasteiger partial charge on any atom is -0.493 e. The molecule has 0 saturated carbocycles. The second-order valence-corrected chi connectivity index (χ2v) is 11.0. The average molecular weight is 585 g/mol. The lowest BCUT2D eigenvalue weighted by atomic mass is 9.99. The quantitative estimate of drug-likeness (QED) is 0.182. The number of amides is 2. The number of piperazine rings is 1. The van der Waals surface area contributed by atoms with Crippen LogP contribution in [0.2, 0.25) is 0 Å². The third-order valence-electron chi connectivity index (χ3n) is 8.59. The molecule has 1 saturated heterocycles. The molecule has 9 nitrogen and oxygen atoms in total. The van der Waals surface area contributed by atoms with Gasteiger partial charge in [-0.05, 0) is 61.7 Å². The number of carbonyl (C=O) groups excluding carboxylic acids is 2. The Balaban J connectivity index is 1.39. The van der Waals surface area contributed by atoms with Crippen molar-refractivity contribution in [2.45, 2.75) is 31.8 Å². The van der Waals surface area contributed by atoms with Gasteiger partial charge >= 0.3 is 7.62 Å². The van der Waals surface area contributed by atoms with Gasteiger partial charge in [0.25, 0.3) is 11.8 Å². The van der Waals surface area contributed by atoms with E-state index in [9.17, 15) is 9.59 Å². The molecule has 1 fully saturated rings. The number of nitrogens with one attached hydrogen (secondary N) is 1. The van der Waals surface area contributed by atoms with Gasteiger partial charge in [-0.2, -0.15) is 0 Å². The summed E-state index contributed by atoms with van der Waals surface area (Å²) in [5, 5.41) is 3.22. The topological polar surface area (TPSA) is 83.6 Å². The SMILES string of the molecule is COBNCCC[C@H](c1ccc(OC)c(OC)c1)N1C(=O)c2cccc(N3CCN([C@H](C)c4ccccc4)CC3)c2C1=O. The second-order valence-electron chi connectivity index (χ2n) is 11.0. The van der Waals surface area contributed by atoms with E-state index in [2.05, 4.69) is 46.2 Å². The summed E-state index contributed by atoms with van der Waals surface area (Å²) in [6.45, 7) is 6.23. The van der Waals surface area contributed by atoms with Crippen LogP contribution < -0.4 is 19.6 Å². The molecule has 3 aromatic carbocycles. The van der Waals surface area contributed by atoms with E-state index in [-0.39, 0.29) is 11.8 Å². The zero-order valence-electron chi connectivity index (χ0n) is 25.5. The largest absolute Gasteiger partial charge is 0.493 e. The molecule has 0 aliphatic carbocycles. The number of benzene rings is 3. The van der Waals surface area contributed by atoms with Crippen LogP contribution in [-0.4, -0.2) is 83.3 Å². The molecule has 5 rings (SSSR count). The summed E-state index contributed by atoms with van der Waals surface area (Å²) in [6, 6.07) is 21.6. The maximum atomic E-state index is 14.2. The van der Waals surface area contributed by atoms with E-state index >= 15 is 0 Å². The summed E-state index contributed by atoms with van der Waals surface area (Å²) in [5.74, 6) is 0.641. The molecule has 226 valence electrons. The Hall–Kier alpha value is -3.86. The Morgan fingerprint density at radius 1 is 0.837 bits per heavy atom. The highest BCUT2D eigenvalue weighted by Gasteiger charge is 2.43. The first-order valence-corrected chi connectivity index (χ1v) is 14.9. The van der Waals surface area contributed by atoms with Crippen LogP contribution in [0.25, 0.3) is 0 Å². The molecular weight excluding hydrogens is 543 g/mol. The normalized spacial score (nSPS) is 16.7. The molecule has 0 radical (unpaired) electrons. The monoisotopic (exact) mass is 584 g/mol. The fourth-order valence-corrected chi connectivity index (χ4v) is 6.22. The van der Waals surface area contributed by atoms with Gasteiger partial charge in [-0.25, -0.2) is 0 Å². The van der Waals surface area contributed by atoms with E-state index in [0.29, 0.717) is 49.3 Å². The van der Waals surface area contributed by atoms with E-state index in [1.165, 1.54) is 10.5 Å². The molecule has 0 unspecified atom stereocenters. The minimum atomic E-state index is -0.465. The van der Waals surface area contributed by atoms with Crippen LogP contribution >= 0.6 is 0 Å². The molecule has 10 heteroatoms. The second kappa shape index (κ2) is 14.1. The first kappa shape index (κ1) is 30.6. The third kappa shape index (κ3) is 6.41. The van der Waals surface area contributed by atoms with Crippen LogP contribution in [0.5, 0.6) is 11.5 Å². The van der Waals surface area contributed by atoms with E-state index in [4.69, 9.17) is 14.1 Å². The number of anilines is 1. The summed E-state index contributed by atoms with van der Waals surface area (Å²) in [4.78, 5) is 34.4. The fraction of sp³-hybridized carbons (Fsp3) is 0.394. The Morgan fingerprint density at radius 3 is 2.28 bits per heavy atom. The number of imide groups is 1. The summed E-state index contributed by atoms with van der Waals surface area (Å²) in [5.41, 5.74) is 3.92. The molecule has 2 amide bonds. The highest BCUT2D eigenvalue weighted by Crippen LogP contribution is 2.40. The van der Waals surface area contributed by atoms with Gasteiger partial charge in [0.05, 0.1) is 37.1 Å². The van der Waals surface area contributed by atoms with Gasteiger partial charge in [0.2, 0.25) is 0 Å². The van der Waals surface area contributed by atoms with Crippen molar-refractivity contribution in [1.29, 1.82) is 0 Å². The smallest absolute Gasteiger partial charge is 0.360 e. The van der Waals surface area contributed by atoms with Crippen molar-refractivity contribution in [3.63, 3.8) is 0 Å². The number of rotatable bonds is 13. The lowest BCUT2D eigenvalue weighted by Crippen LogP contribution is -2.47. The Bertz CT molecular complexity index is 1410. The van der Waals surface area contributed by atoms with Crippen molar-refractivity contribution in [2.75, 3.05) is 59.0 Å². The summed E-state index contributed by atoms with van der Waals surface area (Å²) in [6.07, 6.45) is 1.33. The molecule has 2 heterocycles. The molecular formula is C33H41BN4O5. The third-order valence-corrected chi connectivity index (χ3v) is 8.59. The van der Waals surface area contributed by atoms with Crippen molar-refractivity contribution in [1.82, 2.24) is 15.0 Å². The van der Waals surface area contributed by atoms with Crippen LogP contribution in [0.15, 0.2) is 66.7 Å². The van der Waals surface area contributed by atoms with Crippen LogP contribution in [0.1, 0.15) is 63.7 Å². The predicted octanol–water partition coefficient (Wildman–Crippen LogP) is 4.21. The van der Waals surface area contributed by atoms with Gasteiger partial charge < -0.3 is 24.3 Å². The number of methoxy groups -OCH3 is 2. The van der Waals surface area contributed by atoms with Gasteiger partial charge in [0.1, 0.15) is 0 Å². The number of ether oxygens (including phenoxy) is 2. The van der Waals surface area contributed by atoms with Gasteiger partial charge in [-0.3, -0.25) is 19.4 Å². The lowest BCUT2D eigenvalue weighted by Gasteiger charge is -2.39. The van der Waals surface area contributed by atoms with Gasteiger partial charge in [0.15, 0.2) is 11.5 Å². The first-order valence-electron chi connectivity index (χ1n) is 14.9. The Kier molecular flexibility index (Phi) is 10.0. The molecule has 0 bridgehead atoms. The number of fused-ring (bicyclic) bond motifs is 1. The number of carbonyl (C=O) groups is 2. The average Bonchev–Trinajstić information content (AvgIpc) is 3.31. The molecule has 2 aliphatic heterocycles. The summed E-state index contributed by atoms with van der Waals surface area (Å²) in [7, 11) is 5.25. The van der Waals surface area contributed by atoms with Crippen molar-refractivity contribution < 1.29 is 23.7 Å². The van der Waals surface area contributed by atoms with Crippen molar-refractivity contribution in [2.24, 2.45) is 0 Å². The molecule has 2 aliphatic rings. The molecule has 0 aromatic heterocycles. The van der Waals surface area contributed by atoms with E-state index < -0.39 is 6.04 Å². The Morgan fingerprint density at radius 2 is 1.58 bits per heavy atom. The molecule has 0 spiro atoms. The predicted molar refractivity (Wildman–Crippen MR) is 169 cm³/mol. The van der Waals surface area contributed by atoms with Crippen molar-refractivity contribution in [3.05, 3.63) is 89.0 Å². The van der Waals surface area contributed by atoms with Crippen LogP contribution in [0.3, 0.4) is 0 Å². The van der Waals surface area contributed by atoms with E-state index in [1.807, 2.05) is 36.4 Å². The zero-order chi connectivity index (χ0) is 30.3. The summed E-state index contributed by atoms with van der Waals surface area (Å²) >= 11 is 0. The maximum Gasteiger partial charge on any atom is 0.360 e. The van der Waals surface area contributed by atoms with E-state index in [0.717, 1.165) is 43.9 Å². The Labute approximate surface area is 255 Å². The number of hydrogen-bond acceptors (Lipinski definition) is 8. The molecule has 3 aromatic rings. The van der Waals surface area contributed by atoms with Gasteiger partial charge in [-0.1, -0.05) is 42.5 Å². The van der Waals surface area contributed by atoms with Gasteiger partial charge in [0, 0.05) is 39.3 Å². The standard InChI is InChI=1S/C33H41BN4O5/c1-23(24-10-6-5-7-11-24)36-18-20-37(21-19-36)28-13-8-12-26-31(28)33(40)38(32(26)39)27(14-9-17-35-34-43-4)25-15-16-29(41-2)30(22-25)42-3/h5-8,10-13,15-16,22-23,27,34-35H,9,14,17-21H2,1-4H3/t23-,27-/m1/s1. The van der Waals surface area contributed by atoms with Crippen LogP contribution in [0.4, 0.5) is 5.69 Å². The zero-order valence-corrected chi connectivity index (χ0v) is 25.5. The highest BCUT2D eigenvalue weighted by atomic mass is 16.5. The highest BCUT2D eigenvalue weighted by molar-refractivity contribution is 6.24. The number of hydrogen-bond donors (Lipinski definition) is 1. The summed E-state index contributed by atoms with van der Waals surface area (Å²) < 4.78 is 16.1. The maximum absolute atomic E-state index is 14.2. The fourth-order valence-electron chi connectivity index (χ4n) is 6.22. The van der Waals surface area contributed by atoms with Crippen molar-refractivity contribution in [3.8, 4) is 11.5 Å².